The average Bonchev–Trinajstić information content (AvgIpc) is 2.76. The molecule has 0 aliphatic heterocycles. The van der Waals surface area contributed by atoms with Crippen LogP contribution >= 0.6 is 0 Å². The van der Waals surface area contributed by atoms with Crippen molar-refractivity contribution in [1.29, 1.82) is 0 Å². The summed E-state index contributed by atoms with van der Waals surface area (Å²) in [6.45, 7) is 1.73. The minimum absolute atomic E-state index is 0.0481. The van der Waals surface area contributed by atoms with Crippen LogP contribution in [0.5, 0.6) is 17.2 Å². The van der Waals surface area contributed by atoms with Gasteiger partial charge in [-0.25, -0.2) is 17.5 Å². The first-order valence-electron chi connectivity index (χ1n) is 9.43. The molecule has 0 spiro atoms. The van der Waals surface area contributed by atoms with Crippen molar-refractivity contribution in [2.75, 3.05) is 41.0 Å². The molecule has 11 nitrogen and oxygen atoms in total. The molecule has 0 saturated carbocycles. The van der Waals surface area contributed by atoms with Crippen LogP contribution in [0.1, 0.15) is 17.3 Å². The number of carbonyl (C=O) groups excluding carboxylic acids is 1. The molecule has 0 atom stereocenters. The third-order valence-corrected chi connectivity index (χ3v) is 6.02. The molecule has 0 aliphatic carbocycles. The summed E-state index contributed by atoms with van der Waals surface area (Å²) < 4.78 is 46.1. The number of nitrogens with zero attached hydrogens (tertiary/aromatic N) is 2. The maximum Gasteiger partial charge on any atom is 0.345 e. The van der Waals surface area contributed by atoms with Crippen LogP contribution in [0.3, 0.4) is 0 Å². The van der Waals surface area contributed by atoms with Crippen LogP contribution < -0.4 is 14.2 Å². The lowest BCUT2D eigenvalue weighted by atomic mass is 10.1. The molecule has 0 N–H and O–H groups in total. The van der Waals surface area contributed by atoms with E-state index >= 15 is 0 Å². The smallest absolute Gasteiger partial charge is 0.345 e. The Morgan fingerprint density at radius 1 is 1.06 bits per heavy atom. The fourth-order valence-corrected chi connectivity index (χ4v) is 3.48. The molecule has 2 aromatic rings. The molecule has 0 unspecified atom stereocenters. The highest BCUT2D eigenvalue weighted by Gasteiger charge is 2.26. The van der Waals surface area contributed by atoms with E-state index in [1.165, 1.54) is 51.5 Å². The summed E-state index contributed by atoms with van der Waals surface area (Å²) in [6, 6.07) is 8.04. The second-order valence-electron chi connectivity index (χ2n) is 6.45. The van der Waals surface area contributed by atoms with Crippen molar-refractivity contribution in [2.45, 2.75) is 11.8 Å². The quantitative estimate of drug-likeness (QED) is 0.211. The summed E-state index contributed by atoms with van der Waals surface area (Å²) >= 11 is 0. The zero-order chi connectivity index (χ0) is 23.9. The van der Waals surface area contributed by atoms with Gasteiger partial charge in [0.25, 0.3) is 5.69 Å². The highest BCUT2D eigenvalue weighted by molar-refractivity contribution is 7.89. The molecular formula is C20H24N2O9S. The van der Waals surface area contributed by atoms with E-state index in [0.717, 1.165) is 10.4 Å². The number of nitro groups is 1. The molecule has 0 saturated heterocycles. The van der Waals surface area contributed by atoms with E-state index in [4.69, 9.17) is 18.9 Å². The number of esters is 1. The Bertz CT molecular complexity index is 1070. The van der Waals surface area contributed by atoms with Gasteiger partial charge in [-0.05, 0) is 31.2 Å². The number of methoxy groups -OCH3 is 1. The average molecular weight is 468 g/mol. The fraction of sp³-hybridized carbons (Fsp3) is 0.350. The Labute approximate surface area is 185 Å². The third kappa shape index (κ3) is 5.86. The van der Waals surface area contributed by atoms with E-state index in [0.29, 0.717) is 5.75 Å². The molecule has 0 aliphatic rings. The van der Waals surface area contributed by atoms with Crippen molar-refractivity contribution in [2.24, 2.45) is 0 Å². The number of hydrogen-bond acceptors (Lipinski definition) is 9. The lowest BCUT2D eigenvalue weighted by Crippen LogP contribution is -2.22. The Kier molecular flexibility index (Phi) is 8.38. The Morgan fingerprint density at radius 3 is 2.25 bits per heavy atom. The molecule has 2 aromatic carbocycles. The largest absolute Gasteiger partial charge is 0.493 e. The lowest BCUT2D eigenvalue weighted by Gasteiger charge is -2.13. The monoisotopic (exact) mass is 468 g/mol. The molecule has 0 aromatic heterocycles. The second-order valence-corrected chi connectivity index (χ2v) is 8.61. The fourth-order valence-electron chi connectivity index (χ4n) is 2.58. The van der Waals surface area contributed by atoms with Crippen LogP contribution in [0.4, 0.5) is 5.69 Å². The molecule has 0 amide bonds. The second kappa shape index (κ2) is 10.8. The van der Waals surface area contributed by atoms with Gasteiger partial charge in [-0.1, -0.05) is 0 Å². The van der Waals surface area contributed by atoms with Gasteiger partial charge in [-0.2, -0.15) is 0 Å². The molecular weight excluding hydrogens is 444 g/mol. The predicted molar refractivity (Wildman–Crippen MR) is 114 cm³/mol. The molecule has 0 heterocycles. The lowest BCUT2D eigenvalue weighted by molar-refractivity contribution is -0.385. The summed E-state index contributed by atoms with van der Waals surface area (Å²) in [5, 5.41) is 11.4. The molecule has 174 valence electrons. The van der Waals surface area contributed by atoms with Crippen molar-refractivity contribution >= 4 is 21.7 Å². The van der Waals surface area contributed by atoms with Crippen molar-refractivity contribution in [3.63, 3.8) is 0 Å². The van der Waals surface area contributed by atoms with Gasteiger partial charge in [0.1, 0.15) is 24.5 Å². The zero-order valence-corrected chi connectivity index (χ0v) is 18.9. The Balaban J connectivity index is 2.02. The number of ether oxygens (including phenoxy) is 4. The standard InChI is InChI=1S/C20H24N2O9S/c1-5-29-19-13-17(22(24)25)16(12-18(19)28-4)20(23)31-11-10-30-14-6-8-15(9-7-14)32(26,27)21(2)3/h6-9,12-13H,5,10-11H2,1-4H3. The first kappa shape index (κ1) is 24.9. The maximum absolute atomic E-state index is 12.4. The number of benzene rings is 2. The first-order chi connectivity index (χ1) is 15.1. The molecule has 0 fully saturated rings. The molecule has 0 bridgehead atoms. The Hall–Kier alpha value is -3.38. The van der Waals surface area contributed by atoms with E-state index in [1.54, 1.807) is 6.92 Å². The van der Waals surface area contributed by atoms with E-state index in [2.05, 4.69) is 0 Å². The highest BCUT2D eigenvalue weighted by Crippen LogP contribution is 2.35. The van der Waals surface area contributed by atoms with Crippen LogP contribution in [-0.2, 0) is 14.8 Å². The van der Waals surface area contributed by atoms with Crippen molar-refractivity contribution in [1.82, 2.24) is 4.31 Å². The summed E-state index contributed by atoms with van der Waals surface area (Å²) in [6.07, 6.45) is 0. The number of hydrogen-bond donors (Lipinski definition) is 0. The number of carbonyl (C=O) groups is 1. The van der Waals surface area contributed by atoms with Gasteiger partial charge in [0.15, 0.2) is 11.5 Å². The minimum atomic E-state index is -3.55. The summed E-state index contributed by atoms with van der Waals surface area (Å²) in [5.74, 6) is -0.253. The van der Waals surface area contributed by atoms with Gasteiger partial charge in [-0.3, -0.25) is 10.1 Å². The molecule has 2 rings (SSSR count). The summed E-state index contributed by atoms with van der Waals surface area (Å²) in [7, 11) is 0.657. The summed E-state index contributed by atoms with van der Waals surface area (Å²) in [4.78, 5) is 23.2. The topological polar surface area (TPSA) is 135 Å². The predicted octanol–water partition coefficient (Wildman–Crippen LogP) is 2.49. The van der Waals surface area contributed by atoms with E-state index in [1.807, 2.05) is 0 Å². The molecule has 32 heavy (non-hydrogen) atoms. The highest BCUT2D eigenvalue weighted by atomic mass is 32.2. The van der Waals surface area contributed by atoms with Crippen LogP contribution in [0.25, 0.3) is 0 Å². The normalized spacial score (nSPS) is 11.2. The number of sulfonamides is 1. The Morgan fingerprint density at radius 2 is 1.72 bits per heavy atom. The first-order valence-corrected chi connectivity index (χ1v) is 10.9. The van der Waals surface area contributed by atoms with E-state index in [9.17, 15) is 23.3 Å². The molecule has 0 radical (unpaired) electrons. The SMILES string of the molecule is CCOc1cc([N+](=O)[O-])c(C(=O)OCCOc2ccc(S(=O)(=O)N(C)C)cc2)cc1OC. The zero-order valence-electron chi connectivity index (χ0n) is 18.1. The van der Waals surface area contributed by atoms with Gasteiger partial charge in [-0.15, -0.1) is 0 Å². The number of nitro benzene ring substituents is 1. The maximum atomic E-state index is 12.4. The van der Waals surface area contributed by atoms with Gasteiger partial charge < -0.3 is 18.9 Å². The van der Waals surface area contributed by atoms with Crippen molar-refractivity contribution in [3.05, 3.63) is 52.1 Å². The van der Waals surface area contributed by atoms with Crippen LogP contribution in [0.2, 0.25) is 0 Å². The van der Waals surface area contributed by atoms with Crippen LogP contribution in [0, 0.1) is 10.1 Å². The van der Waals surface area contributed by atoms with E-state index in [-0.39, 0.29) is 41.8 Å². The van der Waals surface area contributed by atoms with Crippen LogP contribution in [0.15, 0.2) is 41.3 Å². The van der Waals surface area contributed by atoms with Gasteiger partial charge in [0.2, 0.25) is 10.0 Å². The van der Waals surface area contributed by atoms with E-state index < -0.39 is 26.6 Å². The minimum Gasteiger partial charge on any atom is -0.493 e. The molecule has 12 heteroatoms. The van der Waals surface area contributed by atoms with Crippen molar-refractivity contribution < 1.29 is 37.1 Å². The van der Waals surface area contributed by atoms with Gasteiger partial charge >= 0.3 is 5.97 Å². The van der Waals surface area contributed by atoms with Gasteiger partial charge in [0, 0.05) is 20.2 Å². The third-order valence-electron chi connectivity index (χ3n) is 4.19. The van der Waals surface area contributed by atoms with Crippen LogP contribution in [-0.4, -0.2) is 64.6 Å². The number of rotatable bonds is 11. The van der Waals surface area contributed by atoms with Crippen molar-refractivity contribution in [3.8, 4) is 17.2 Å². The summed E-state index contributed by atoms with van der Waals surface area (Å²) in [5.41, 5.74) is -0.758. The van der Waals surface area contributed by atoms with Gasteiger partial charge in [0.05, 0.1) is 29.6 Å².